The minimum Gasteiger partial charge on any atom is -0.321 e. The molecule has 1 amide bonds. The lowest BCUT2D eigenvalue weighted by molar-refractivity contribution is -0.112. The molecule has 5 heteroatoms. The van der Waals surface area contributed by atoms with Crippen molar-refractivity contribution in [3.8, 4) is 0 Å². The molecule has 4 nitrogen and oxygen atoms in total. The second-order valence-corrected chi connectivity index (χ2v) is 4.27. The van der Waals surface area contributed by atoms with Crippen LogP contribution in [0, 0.1) is 0 Å². The van der Waals surface area contributed by atoms with E-state index in [0.717, 1.165) is 0 Å². The molecule has 1 rings (SSSR count). The standard InChI is InChI=1S/C15H17FN2O2/c1-9(16)14(10(2)17-4)15(20)18-13-8-6-5-7-12(13)11(3)19/h5-8H,1-4H3,(H,18,20)/b14-9-,17-10-. The van der Waals surface area contributed by atoms with Crippen LogP contribution in [0.25, 0.3) is 0 Å². The first-order valence-corrected chi connectivity index (χ1v) is 6.10. The number of rotatable bonds is 4. The number of halogens is 1. The number of benzene rings is 1. The monoisotopic (exact) mass is 276 g/mol. The number of anilines is 1. The molecule has 0 bridgehead atoms. The molecule has 20 heavy (non-hydrogen) atoms. The summed E-state index contributed by atoms with van der Waals surface area (Å²) in [6.07, 6.45) is 0. The van der Waals surface area contributed by atoms with E-state index in [2.05, 4.69) is 10.3 Å². The Bertz CT molecular complexity index is 600. The van der Waals surface area contributed by atoms with Gasteiger partial charge in [-0.3, -0.25) is 14.6 Å². The van der Waals surface area contributed by atoms with Crippen LogP contribution in [0.2, 0.25) is 0 Å². The highest BCUT2D eigenvalue weighted by Crippen LogP contribution is 2.18. The summed E-state index contributed by atoms with van der Waals surface area (Å²) in [6, 6.07) is 6.58. The Hall–Kier alpha value is -2.30. The Kier molecular flexibility index (Phi) is 5.32. The number of aliphatic imine (C=N–C) groups is 1. The molecule has 106 valence electrons. The van der Waals surface area contributed by atoms with Gasteiger partial charge in [0.05, 0.1) is 11.3 Å². The van der Waals surface area contributed by atoms with E-state index in [-0.39, 0.29) is 11.4 Å². The summed E-state index contributed by atoms with van der Waals surface area (Å²) in [5, 5.41) is 2.55. The second-order valence-electron chi connectivity index (χ2n) is 4.27. The maximum atomic E-state index is 13.5. The van der Waals surface area contributed by atoms with Gasteiger partial charge in [0.25, 0.3) is 5.91 Å². The summed E-state index contributed by atoms with van der Waals surface area (Å²) in [7, 11) is 1.48. The molecule has 0 radical (unpaired) electrons. The maximum Gasteiger partial charge on any atom is 0.260 e. The molecule has 0 aromatic heterocycles. The van der Waals surface area contributed by atoms with E-state index in [1.807, 2.05) is 0 Å². The third-order valence-corrected chi connectivity index (χ3v) is 2.82. The van der Waals surface area contributed by atoms with E-state index in [9.17, 15) is 14.0 Å². The number of ketones is 1. The van der Waals surface area contributed by atoms with Crippen molar-refractivity contribution in [2.24, 2.45) is 4.99 Å². The van der Waals surface area contributed by atoms with Crippen molar-refractivity contribution in [1.29, 1.82) is 0 Å². The summed E-state index contributed by atoms with van der Waals surface area (Å²) >= 11 is 0. The molecule has 0 spiro atoms. The van der Waals surface area contributed by atoms with Crippen LogP contribution in [-0.4, -0.2) is 24.4 Å². The zero-order valence-corrected chi connectivity index (χ0v) is 12.0. The van der Waals surface area contributed by atoms with Crippen LogP contribution in [0.1, 0.15) is 31.1 Å². The normalized spacial score (nSPS) is 12.8. The Morgan fingerprint density at radius 1 is 1.15 bits per heavy atom. The Morgan fingerprint density at radius 2 is 1.75 bits per heavy atom. The lowest BCUT2D eigenvalue weighted by Crippen LogP contribution is -2.21. The fourth-order valence-electron chi connectivity index (χ4n) is 1.77. The lowest BCUT2D eigenvalue weighted by atomic mass is 10.1. The summed E-state index contributed by atoms with van der Waals surface area (Å²) < 4.78 is 13.5. The largest absolute Gasteiger partial charge is 0.321 e. The van der Waals surface area contributed by atoms with Crippen molar-refractivity contribution in [2.75, 3.05) is 12.4 Å². The van der Waals surface area contributed by atoms with Gasteiger partial charge < -0.3 is 5.32 Å². The highest BCUT2D eigenvalue weighted by atomic mass is 19.1. The zero-order chi connectivity index (χ0) is 15.3. The molecule has 0 saturated heterocycles. The SMILES string of the molecule is C/N=C(C)\C(C(=O)Nc1ccccc1C(C)=O)=C(/C)F. The summed E-state index contributed by atoms with van der Waals surface area (Å²) in [5.41, 5.74) is 0.907. The van der Waals surface area contributed by atoms with E-state index in [1.165, 1.54) is 20.9 Å². The van der Waals surface area contributed by atoms with Crippen molar-refractivity contribution < 1.29 is 14.0 Å². The number of carbonyl (C=O) groups is 2. The van der Waals surface area contributed by atoms with Gasteiger partial charge in [-0.15, -0.1) is 0 Å². The van der Waals surface area contributed by atoms with E-state index in [0.29, 0.717) is 17.0 Å². The van der Waals surface area contributed by atoms with Gasteiger partial charge in [0.15, 0.2) is 5.78 Å². The van der Waals surface area contributed by atoms with Crippen LogP contribution in [0.5, 0.6) is 0 Å². The van der Waals surface area contributed by atoms with Crippen LogP contribution < -0.4 is 5.32 Å². The van der Waals surface area contributed by atoms with Crippen LogP contribution in [0.3, 0.4) is 0 Å². The van der Waals surface area contributed by atoms with Gasteiger partial charge in [0.2, 0.25) is 0 Å². The minimum atomic E-state index is -0.623. The van der Waals surface area contributed by atoms with Crippen LogP contribution in [0.4, 0.5) is 10.1 Å². The van der Waals surface area contributed by atoms with Crippen LogP contribution in [0.15, 0.2) is 40.7 Å². The van der Waals surface area contributed by atoms with Crippen molar-refractivity contribution in [1.82, 2.24) is 0 Å². The molecule has 0 saturated carbocycles. The first-order valence-electron chi connectivity index (χ1n) is 6.10. The molecule has 0 heterocycles. The Morgan fingerprint density at radius 3 is 2.25 bits per heavy atom. The number of hydrogen-bond acceptors (Lipinski definition) is 3. The fraction of sp³-hybridized carbons (Fsp3) is 0.267. The van der Waals surface area contributed by atoms with Crippen LogP contribution in [-0.2, 0) is 4.79 Å². The molecule has 0 fully saturated rings. The Labute approximate surface area is 117 Å². The number of carbonyl (C=O) groups excluding carboxylic acids is 2. The van der Waals surface area contributed by atoms with Gasteiger partial charge >= 0.3 is 0 Å². The number of para-hydroxylation sites is 1. The Balaban J connectivity index is 3.14. The molecule has 0 aliphatic heterocycles. The maximum absolute atomic E-state index is 13.5. The number of hydrogen-bond donors (Lipinski definition) is 1. The summed E-state index contributed by atoms with van der Waals surface area (Å²) in [5.74, 6) is -1.42. The van der Waals surface area contributed by atoms with Gasteiger partial charge in [-0.1, -0.05) is 12.1 Å². The zero-order valence-electron chi connectivity index (χ0n) is 12.0. The number of nitrogens with one attached hydrogen (secondary N) is 1. The van der Waals surface area contributed by atoms with Gasteiger partial charge in [-0.25, -0.2) is 4.39 Å². The van der Waals surface area contributed by atoms with Gasteiger partial charge in [-0.05, 0) is 32.9 Å². The summed E-state index contributed by atoms with van der Waals surface area (Å²) in [4.78, 5) is 27.4. The number of amides is 1. The lowest BCUT2D eigenvalue weighted by Gasteiger charge is -2.11. The molecule has 0 aliphatic carbocycles. The van der Waals surface area contributed by atoms with Crippen molar-refractivity contribution >= 4 is 23.1 Å². The van der Waals surface area contributed by atoms with Crippen molar-refractivity contribution in [2.45, 2.75) is 20.8 Å². The predicted molar refractivity (Wildman–Crippen MR) is 77.9 cm³/mol. The topological polar surface area (TPSA) is 58.5 Å². The first-order chi connectivity index (χ1) is 9.38. The average Bonchev–Trinajstić information content (AvgIpc) is 2.38. The summed E-state index contributed by atoms with van der Waals surface area (Å²) in [6.45, 7) is 4.15. The number of nitrogens with zero attached hydrogens (tertiary/aromatic N) is 1. The van der Waals surface area contributed by atoms with Crippen molar-refractivity contribution in [3.63, 3.8) is 0 Å². The molecule has 1 N–H and O–H groups in total. The van der Waals surface area contributed by atoms with Gasteiger partial charge in [0, 0.05) is 18.3 Å². The number of allylic oxidation sites excluding steroid dienone is 1. The molecular weight excluding hydrogens is 259 g/mol. The molecule has 0 atom stereocenters. The first kappa shape index (κ1) is 15.8. The van der Waals surface area contributed by atoms with Gasteiger partial charge in [-0.2, -0.15) is 0 Å². The minimum absolute atomic E-state index is 0.120. The third kappa shape index (κ3) is 3.60. The average molecular weight is 276 g/mol. The molecule has 1 aromatic carbocycles. The van der Waals surface area contributed by atoms with E-state index in [4.69, 9.17) is 0 Å². The van der Waals surface area contributed by atoms with E-state index >= 15 is 0 Å². The highest BCUT2D eigenvalue weighted by Gasteiger charge is 2.18. The molecular formula is C15H17FN2O2. The molecule has 0 unspecified atom stereocenters. The second kappa shape index (κ2) is 6.75. The smallest absolute Gasteiger partial charge is 0.260 e. The fourth-order valence-corrected chi connectivity index (χ4v) is 1.77. The van der Waals surface area contributed by atoms with Crippen LogP contribution >= 0.6 is 0 Å². The highest BCUT2D eigenvalue weighted by molar-refractivity contribution is 6.25. The van der Waals surface area contributed by atoms with E-state index in [1.54, 1.807) is 31.2 Å². The molecule has 1 aromatic rings. The van der Waals surface area contributed by atoms with Gasteiger partial charge in [0.1, 0.15) is 5.83 Å². The van der Waals surface area contributed by atoms with Crippen molar-refractivity contribution in [3.05, 3.63) is 41.2 Å². The quantitative estimate of drug-likeness (QED) is 0.521. The van der Waals surface area contributed by atoms with E-state index < -0.39 is 11.7 Å². The third-order valence-electron chi connectivity index (χ3n) is 2.82. The number of Topliss-reactive ketones (excluding diaryl/α,β-unsaturated/α-hetero) is 1. The predicted octanol–water partition coefficient (Wildman–Crippen LogP) is 3.16. The molecule has 0 aliphatic rings.